The van der Waals surface area contributed by atoms with Gasteiger partial charge in [0.25, 0.3) is 0 Å². The van der Waals surface area contributed by atoms with Crippen LogP contribution in [-0.2, 0) is 17.3 Å². The summed E-state index contributed by atoms with van der Waals surface area (Å²) < 4.78 is 2.04. The number of carbonyl (C=O) groups is 1. The number of hydrogen-bond donors (Lipinski definition) is 1. The molecule has 2 heterocycles. The van der Waals surface area contributed by atoms with Crippen LogP contribution in [0.15, 0.2) is 30.5 Å². The predicted molar refractivity (Wildman–Crippen MR) is 88.7 cm³/mol. The molecule has 4 nitrogen and oxygen atoms in total. The van der Waals surface area contributed by atoms with Gasteiger partial charge in [0, 0.05) is 12.7 Å². The number of amides is 1. The van der Waals surface area contributed by atoms with E-state index in [1.807, 2.05) is 11.6 Å². The second-order valence-corrected chi connectivity index (χ2v) is 7.17. The maximum Gasteiger partial charge on any atom is 0.234 e. The standard InChI is InChI=1S/C18H23N3O/c1-11-6-8-13(17(22)19-11)16-20-14-10-12(18(2,3)4)7-9-15(14)21(16)5/h7,9-10,13H,1,6,8H2,2-5H3,(H,19,22). The van der Waals surface area contributed by atoms with E-state index >= 15 is 0 Å². The van der Waals surface area contributed by atoms with Crippen LogP contribution in [0.4, 0.5) is 0 Å². The zero-order valence-electron chi connectivity index (χ0n) is 13.7. The summed E-state index contributed by atoms with van der Waals surface area (Å²) >= 11 is 0. The fourth-order valence-electron chi connectivity index (χ4n) is 3.02. The third kappa shape index (κ3) is 2.43. The van der Waals surface area contributed by atoms with Crippen molar-refractivity contribution in [2.75, 3.05) is 0 Å². The SMILES string of the molecule is C=C1CCC(c2nc3cc(C(C)(C)C)ccc3n2C)C(=O)N1. The first kappa shape index (κ1) is 14.8. The summed E-state index contributed by atoms with van der Waals surface area (Å²) in [5.41, 5.74) is 4.18. The summed E-state index contributed by atoms with van der Waals surface area (Å²) in [5, 5.41) is 2.85. The molecule has 1 atom stereocenters. The molecule has 22 heavy (non-hydrogen) atoms. The Labute approximate surface area is 131 Å². The minimum absolute atomic E-state index is 0.00528. The van der Waals surface area contributed by atoms with Crippen LogP contribution in [0.1, 0.15) is 50.9 Å². The van der Waals surface area contributed by atoms with Crippen molar-refractivity contribution in [3.8, 4) is 0 Å². The minimum atomic E-state index is -0.194. The van der Waals surface area contributed by atoms with Crippen LogP contribution in [0.2, 0.25) is 0 Å². The lowest BCUT2D eigenvalue weighted by Crippen LogP contribution is -2.34. The van der Waals surface area contributed by atoms with E-state index in [1.54, 1.807) is 0 Å². The highest BCUT2D eigenvalue weighted by Gasteiger charge is 2.29. The lowest BCUT2D eigenvalue weighted by Gasteiger charge is -2.23. The fraction of sp³-hybridized carbons (Fsp3) is 0.444. The minimum Gasteiger partial charge on any atom is -0.330 e. The Bertz CT molecular complexity index is 764. The number of fused-ring (bicyclic) bond motifs is 1. The first-order chi connectivity index (χ1) is 10.3. The Morgan fingerprint density at radius 1 is 1.36 bits per heavy atom. The fourth-order valence-corrected chi connectivity index (χ4v) is 3.02. The number of imidazole rings is 1. The molecule has 1 aliphatic heterocycles. The molecule has 1 unspecified atom stereocenters. The summed E-state index contributed by atoms with van der Waals surface area (Å²) in [6.45, 7) is 10.4. The van der Waals surface area contributed by atoms with Crippen molar-refractivity contribution in [3.05, 3.63) is 41.9 Å². The number of benzene rings is 1. The number of allylic oxidation sites excluding steroid dienone is 1. The molecule has 1 fully saturated rings. The Hall–Kier alpha value is -2.10. The number of nitrogens with zero attached hydrogens (tertiary/aromatic N) is 2. The van der Waals surface area contributed by atoms with Gasteiger partial charge in [-0.2, -0.15) is 0 Å². The molecule has 1 aromatic heterocycles. The van der Waals surface area contributed by atoms with Crippen LogP contribution < -0.4 is 5.32 Å². The van der Waals surface area contributed by atoms with Crippen molar-refractivity contribution in [1.82, 2.24) is 14.9 Å². The van der Waals surface area contributed by atoms with E-state index in [0.29, 0.717) is 0 Å². The van der Waals surface area contributed by atoms with Gasteiger partial charge in [-0.3, -0.25) is 4.79 Å². The molecule has 2 aromatic rings. The molecule has 3 rings (SSSR count). The van der Waals surface area contributed by atoms with Gasteiger partial charge in [-0.05, 0) is 36.0 Å². The Balaban J connectivity index is 2.06. The molecule has 0 saturated carbocycles. The summed E-state index contributed by atoms with van der Waals surface area (Å²) in [5.74, 6) is 0.651. The number of hydrogen-bond acceptors (Lipinski definition) is 2. The topological polar surface area (TPSA) is 46.9 Å². The molecular formula is C18H23N3O. The third-order valence-corrected chi connectivity index (χ3v) is 4.44. The molecular weight excluding hydrogens is 274 g/mol. The van der Waals surface area contributed by atoms with Crippen LogP contribution in [0.5, 0.6) is 0 Å². The molecule has 4 heteroatoms. The van der Waals surface area contributed by atoms with Crippen LogP contribution in [0.3, 0.4) is 0 Å². The lowest BCUT2D eigenvalue weighted by molar-refractivity contribution is -0.123. The van der Waals surface area contributed by atoms with Gasteiger partial charge in [0.05, 0.1) is 17.0 Å². The van der Waals surface area contributed by atoms with Gasteiger partial charge < -0.3 is 9.88 Å². The molecule has 1 aromatic carbocycles. The smallest absolute Gasteiger partial charge is 0.234 e. The number of piperidine rings is 1. The van der Waals surface area contributed by atoms with E-state index in [4.69, 9.17) is 4.98 Å². The number of rotatable bonds is 1. The van der Waals surface area contributed by atoms with Crippen LogP contribution in [-0.4, -0.2) is 15.5 Å². The Morgan fingerprint density at radius 3 is 2.73 bits per heavy atom. The van der Waals surface area contributed by atoms with Crippen molar-refractivity contribution in [2.45, 2.75) is 44.9 Å². The maximum atomic E-state index is 12.2. The van der Waals surface area contributed by atoms with Gasteiger partial charge in [0.15, 0.2) is 0 Å². The highest BCUT2D eigenvalue weighted by atomic mass is 16.2. The lowest BCUT2D eigenvalue weighted by atomic mass is 9.87. The van der Waals surface area contributed by atoms with E-state index in [0.717, 1.165) is 35.4 Å². The molecule has 0 bridgehead atoms. The number of aromatic nitrogens is 2. The zero-order chi connectivity index (χ0) is 16.1. The normalized spacial score (nSPS) is 19.5. The summed E-state index contributed by atoms with van der Waals surface area (Å²) in [6, 6.07) is 6.39. The first-order valence-corrected chi connectivity index (χ1v) is 7.73. The number of aryl methyl sites for hydroxylation is 1. The molecule has 0 radical (unpaired) electrons. The highest BCUT2D eigenvalue weighted by molar-refractivity contribution is 5.87. The van der Waals surface area contributed by atoms with E-state index in [2.05, 4.69) is 50.9 Å². The molecule has 0 spiro atoms. The molecule has 1 aliphatic rings. The second kappa shape index (κ2) is 4.97. The largest absolute Gasteiger partial charge is 0.330 e. The number of carbonyl (C=O) groups excluding carboxylic acids is 1. The third-order valence-electron chi connectivity index (χ3n) is 4.44. The molecule has 116 valence electrons. The highest BCUT2D eigenvalue weighted by Crippen LogP contribution is 2.31. The van der Waals surface area contributed by atoms with Crippen molar-refractivity contribution in [2.24, 2.45) is 7.05 Å². The van der Waals surface area contributed by atoms with Crippen LogP contribution in [0.25, 0.3) is 11.0 Å². The van der Waals surface area contributed by atoms with E-state index < -0.39 is 0 Å². The van der Waals surface area contributed by atoms with Gasteiger partial charge in [0.1, 0.15) is 5.82 Å². The molecule has 1 N–H and O–H groups in total. The van der Waals surface area contributed by atoms with Gasteiger partial charge in [-0.1, -0.05) is 33.4 Å². The zero-order valence-corrected chi connectivity index (χ0v) is 13.7. The van der Waals surface area contributed by atoms with Crippen LogP contribution >= 0.6 is 0 Å². The van der Waals surface area contributed by atoms with E-state index in [9.17, 15) is 4.79 Å². The van der Waals surface area contributed by atoms with Gasteiger partial charge in [-0.25, -0.2) is 4.98 Å². The molecule has 0 aliphatic carbocycles. The van der Waals surface area contributed by atoms with Crippen molar-refractivity contribution >= 4 is 16.9 Å². The van der Waals surface area contributed by atoms with Gasteiger partial charge in [-0.15, -0.1) is 0 Å². The van der Waals surface area contributed by atoms with Crippen molar-refractivity contribution in [1.29, 1.82) is 0 Å². The summed E-state index contributed by atoms with van der Waals surface area (Å²) in [4.78, 5) is 17.0. The predicted octanol–water partition coefficient (Wildman–Crippen LogP) is 3.38. The Morgan fingerprint density at radius 2 is 2.09 bits per heavy atom. The molecule has 1 saturated heterocycles. The Kier molecular flexibility index (Phi) is 3.35. The monoisotopic (exact) mass is 297 g/mol. The van der Waals surface area contributed by atoms with Crippen molar-refractivity contribution in [3.63, 3.8) is 0 Å². The molecule has 1 amide bonds. The quantitative estimate of drug-likeness (QED) is 0.877. The maximum absolute atomic E-state index is 12.2. The van der Waals surface area contributed by atoms with Crippen molar-refractivity contribution < 1.29 is 4.79 Å². The van der Waals surface area contributed by atoms with E-state index in [-0.39, 0.29) is 17.2 Å². The average Bonchev–Trinajstić information content (AvgIpc) is 2.75. The average molecular weight is 297 g/mol. The van der Waals surface area contributed by atoms with E-state index in [1.165, 1.54) is 5.56 Å². The van der Waals surface area contributed by atoms with Gasteiger partial charge in [0.2, 0.25) is 5.91 Å². The van der Waals surface area contributed by atoms with Gasteiger partial charge >= 0.3 is 0 Å². The second-order valence-electron chi connectivity index (χ2n) is 7.17. The summed E-state index contributed by atoms with van der Waals surface area (Å²) in [7, 11) is 1.98. The van der Waals surface area contributed by atoms with Crippen LogP contribution in [0, 0.1) is 0 Å². The summed E-state index contributed by atoms with van der Waals surface area (Å²) in [6.07, 6.45) is 1.58. The first-order valence-electron chi connectivity index (χ1n) is 7.73. The number of nitrogens with one attached hydrogen (secondary N) is 1.